The predicted molar refractivity (Wildman–Crippen MR) is 135 cm³/mol. The summed E-state index contributed by atoms with van der Waals surface area (Å²) in [4.78, 5) is 9.35. The number of phenols is 1. The summed E-state index contributed by atoms with van der Waals surface area (Å²) in [5, 5.41) is 15.3. The van der Waals surface area contributed by atoms with Gasteiger partial charge in [0.25, 0.3) is 0 Å². The van der Waals surface area contributed by atoms with Gasteiger partial charge in [0.2, 0.25) is 0 Å². The van der Waals surface area contributed by atoms with E-state index >= 15 is 0 Å². The number of rotatable bonds is 4. The van der Waals surface area contributed by atoms with Crippen molar-refractivity contribution < 1.29 is 5.11 Å². The zero-order valence-electron chi connectivity index (χ0n) is 17.7. The molecule has 0 amide bonds. The molecule has 0 aliphatic heterocycles. The Labute approximate surface area is 187 Å². The van der Waals surface area contributed by atoms with Crippen molar-refractivity contribution in [3.63, 3.8) is 0 Å². The lowest BCUT2D eigenvalue weighted by Crippen LogP contribution is -1.92. The summed E-state index contributed by atoms with van der Waals surface area (Å²) in [6.07, 6.45) is 3.44. The van der Waals surface area contributed by atoms with Crippen LogP contribution in [0.5, 0.6) is 5.75 Å². The number of fused-ring (bicyclic) bond motifs is 2. The maximum Gasteiger partial charge on any atom is 0.133 e. The lowest BCUT2D eigenvalue weighted by Gasteiger charge is -2.07. The number of aryl methyl sites for hydroxylation is 1. The monoisotopic (exact) mass is 414 g/mol. The molecule has 1 N–H and O–H groups in total. The van der Waals surface area contributed by atoms with Crippen LogP contribution in [-0.4, -0.2) is 17.5 Å². The highest BCUT2D eigenvalue weighted by molar-refractivity contribution is 5.99. The van der Waals surface area contributed by atoms with Crippen molar-refractivity contribution in [3.05, 3.63) is 114 Å². The zero-order valence-corrected chi connectivity index (χ0v) is 17.7. The Hall–Kier alpha value is -4.24. The van der Waals surface area contributed by atoms with Crippen molar-refractivity contribution in [2.45, 2.75) is 6.92 Å². The first kappa shape index (κ1) is 19.7. The van der Waals surface area contributed by atoms with Gasteiger partial charge in [0, 0.05) is 34.3 Å². The molecule has 5 rings (SSSR count). The topological polar surface area (TPSA) is 45.0 Å². The van der Waals surface area contributed by atoms with Gasteiger partial charge < -0.3 is 5.11 Å². The smallest absolute Gasteiger partial charge is 0.133 e. The van der Waals surface area contributed by atoms with Crippen molar-refractivity contribution >= 4 is 45.3 Å². The Morgan fingerprint density at radius 1 is 0.594 bits per heavy atom. The Morgan fingerprint density at radius 3 is 1.53 bits per heavy atom. The lowest BCUT2D eigenvalue weighted by atomic mass is 10.1. The molecular weight excluding hydrogens is 392 g/mol. The van der Waals surface area contributed by atoms with Gasteiger partial charge in [-0.25, -0.2) is 0 Å². The number of aromatic hydroxyl groups is 1. The Morgan fingerprint density at radius 2 is 1.03 bits per heavy atom. The van der Waals surface area contributed by atoms with Crippen molar-refractivity contribution in [1.82, 2.24) is 0 Å². The number of hydrogen-bond donors (Lipinski definition) is 1. The van der Waals surface area contributed by atoms with E-state index in [9.17, 15) is 5.11 Å². The number of benzene rings is 5. The summed E-state index contributed by atoms with van der Waals surface area (Å²) in [6, 6.07) is 32.2. The molecule has 0 saturated heterocycles. The molecule has 0 saturated carbocycles. The van der Waals surface area contributed by atoms with Crippen LogP contribution in [-0.2, 0) is 0 Å². The van der Waals surface area contributed by atoms with E-state index in [1.54, 1.807) is 12.4 Å². The van der Waals surface area contributed by atoms with Gasteiger partial charge in [0.1, 0.15) is 5.75 Å². The summed E-state index contributed by atoms with van der Waals surface area (Å²) in [7, 11) is 0. The molecule has 0 radical (unpaired) electrons. The first-order chi connectivity index (χ1) is 15.7. The molecule has 0 heterocycles. The zero-order chi connectivity index (χ0) is 21.9. The van der Waals surface area contributed by atoms with Crippen LogP contribution in [0.15, 0.2) is 107 Å². The van der Waals surface area contributed by atoms with Crippen LogP contribution in [0.1, 0.15) is 16.7 Å². The number of phenolic OH excluding ortho intramolecular Hbond substituents is 1. The van der Waals surface area contributed by atoms with Crippen molar-refractivity contribution in [3.8, 4) is 5.75 Å². The first-order valence-corrected chi connectivity index (χ1v) is 10.6. The first-order valence-electron chi connectivity index (χ1n) is 10.6. The maximum absolute atomic E-state index is 10.9. The van der Waals surface area contributed by atoms with E-state index in [1.165, 1.54) is 0 Å². The molecular formula is C29H22N2O. The minimum atomic E-state index is 0.170. The molecule has 0 bridgehead atoms. The van der Waals surface area contributed by atoms with Crippen LogP contribution in [0.25, 0.3) is 21.5 Å². The van der Waals surface area contributed by atoms with E-state index in [1.807, 2.05) is 67.6 Å². The Balaban J connectivity index is 1.51. The van der Waals surface area contributed by atoms with Crippen LogP contribution in [0, 0.1) is 6.92 Å². The molecule has 154 valence electrons. The van der Waals surface area contributed by atoms with Gasteiger partial charge in [-0.15, -0.1) is 0 Å². The molecule has 5 aromatic rings. The van der Waals surface area contributed by atoms with Crippen LogP contribution < -0.4 is 0 Å². The summed E-state index contributed by atoms with van der Waals surface area (Å²) in [5.41, 5.74) is 4.10. The van der Waals surface area contributed by atoms with Crippen LogP contribution in [0.2, 0.25) is 0 Å². The van der Waals surface area contributed by atoms with Gasteiger partial charge in [0.05, 0.1) is 11.4 Å². The quantitative estimate of drug-likeness (QED) is 0.304. The lowest BCUT2D eigenvalue weighted by molar-refractivity contribution is 0.473. The van der Waals surface area contributed by atoms with Gasteiger partial charge in [0.15, 0.2) is 0 Å². The average Bonchev–Trinajstić information content (AvgIpc) is 2.83. The molecule has 3 nitrogen and oxygen atoms in total. The fourth-order valence-corrected chi connectivity index (χ4v) is 3.95. The summed E-state index contributed by atoms with van der Waals surface area (Å²) in [6.45, 7) is 2.00. The van der Waals surface area contributed by atoms with Gasteiger partial charge >= 0.3 is 0 Å². The minimum absolute atomic E-state index is 0.170. The molecule has 0 spiro atoms. The largest absolute Gasteiger partial charge is 0.507 e. The van der Waals surface area contributed by atoms with Gasteiger partial charge in [-0.3, -0.25) is 9.98 Å². The summed E-state index contributed by atoms with van der Waals surface area (Å²) < 4.78 is 0. The standard InChI is InChI=1S/C29H22N2O/c1-20-16-23(18-30-27-14-6-10-21-8-2-4-12-25(21)27)29(32)24(17-20)19-31-28-15-7-11-22-9-3-5-13-26(22)28/h2-19,32H,1H3. The highest BCUT2D eigenvalue weighted by Crippen LogP contribution is 2.29. The second kappa shape index (κ2) is 8.48. The van der Waals surface area contributed by atoms with Gasteiger partial charge in [-0.1, -0.05) is 72.8 Å². The molecule has 0 atom stereocenters. The van der Waals surface area contributed by atoms with E-state index in [0.29, 0.717) is 11.1 Å². The van der Waals surface area contributed by atoms with Crippen molar-refractivity contribution in [2.24, 2.45) is 9.98 Å². The second-order valence-electron chi connectivity index (χ2n) is 7.80. The van der Waals surface area contributed by atoms with Gasteiger partial charge in [-0.2, -0.15) is 0 Å². The Kier molecular flexibility index (Phi) is 5.22. The van der Waals surface area contributed by atoms with E-state index in [2.05, 4.69) is 46.4 Å². The third-order valence-corrected chi connectivity index (χ3v) is 5.53. The van der Waals surface area contributed by atoms with E-state index in [0.717, 1.165) is 38.5 Å². The van der Waals surface area contributed by atoms with E-state index in [-0.39, 0.29) is 5.75 Å². The normalized spacial score (nSPS) is 11.8. The van der Waals surface area contributed by atoms with Crippen molar-refractivity contribution in [2.75, 3.05) is 0 Å². The highest BCUT2D eigenvalue weighted by atomic mass is 16.3. The van der Waals surface area contributed by atoms with E-state index < -0.39 is 0 Å². The second-order valence-corrected chi connectivity index (χ2v) is 7.80. The average molecular weight is 415 g/mol. The number of aliphatic imine (C=N–C) groups is 2. The SMILES string of the molecule is Cc1cc(C=Nc2cccc3ccccc23)c(O)c(C=Nc2cccc3ccccc23)c1. The number of hydrogen-bond acceptors (Lipinski definition) is 3. The molecule has 0 aliphatic rings. The number of nitrogens with zero attached hydrogens (tertiary/aromatic N) is 2. The molecule has 0 aliphatic carbocycles. The van der Waals surface area contributed by atoms with Crippen LogP contribution in [0.3, 0.4) is 0 Å². The van der Waals surface area contributed by atoms with E-state index in [4.69, 9.17) is 0 Å². The fraction of sp³-hybridized carbons (Fsp3) is 0.0345. The molecule has 3 heteroatoms. The highest BCUT2D eigenvalue weighted by Gasteiger charge is 2.07. The molecule has 0 aromatic heterocycles. The third kappa shape index (κ3) is 3.88. The predicted octanol–water partition coefficient (Wildman–Crippen LogP) is 7.51. The maximum atomic E-state index is 10.9. The summed E-state index contributed by atoms with van der Waals surface area (Å²) in [5.74, 6) is 0.170. The van der Waals surface area contributed by atoms with Crippen LogP contribution in [0.4, 0.5) is 11.4 Å². The minimum Gasteiger partial charge on any atom is -0.507 e. The van der Waals surface area contributed by atoms with Gasteiger partial charge in [-0.05, 0) is 47.5 Å². The Bertz CT molecular complexity index is 1380. The summed E-state index contributed by atoms with van der Waals surface area (Å²) >= 11 is 0. The molecule has 5 aromatic carbocycles. The van der Waals surface area contributed by atoms with Crippen LogP contribution >= 0.6 is 0 Å². The fourth-order valence-electron chi connectivity index (χ4n) is 3.95. The molecule has 0 fully saturated rings. The van der Waals surface area contributed by atoms with Crippen molar-refractivity contribution in [1.29, 1.82) is 0 Å². The molecule has 0 unspecified atom stereocenters. The third-order valence-electron chi connectivity index (χ3n) is 5.53. The molecule has 32 heavy (non-hydrogen) atoms.